The number of fused-ring (bicyclic) bond motifs is 8. The molecule has 10 heteroatoms. The summed E-state index contributed by atoms with van der Waals surface area (Å²) in [5.74, 6) is 0.490. The Balaban J connectivity index is 1.80. The summed E-state index contributed by atoms with van der Waals surface area (Å²) < 4.78 is 21.8. The highest BCUT2D eigenvalue weighted by Gasteiger charge is 2.33. The molecule has 5 rings (SSSR count). The number of carbonyl (C=O) groups is 1. The number of amides is 1. The Labute approximate surface area is 184 Å². The van der Waals surface area contributed by atoms with Crippen LogP contribution in [0.4, 0.5) is 10.2 Å². The fourth-order valence-corrected chi connectivity index (χ4v) is 4.45. The van der Waals surface area contributed by atoms with Crippen LogP contribution in [-0.4, -0.2) is 62.6 Å². The monoisotopic (exact) mass is 437 g/mol. The first-order valence-electron chi connectivity index (χ1n) is 10.5. The highest BCUT2D eigenvalue weighted by atomic mass is 19.1. The molecule has 2 aliphatic heterocycles. The van der Waals surface area contributed by atoms with Gasteiger partial charge in [-0.3, -0.25) is 9.48 Å². The molecule has 9 nitrogen and oxygen atoms in total. The lowest BCUT2D eigenvalue weighted by Crippen LogP contribution is -2.42. The predicted molar refractivity (Wildman–Crippen MR) is 115 cm³/mol. The van der Waals surface area contributed by atoms with Gasteiger partial charge in [-0.15, -0.1) is 10.2 Å². The summed E-state index contributed by atoms with van der Waals surface area (Å²) in [5, 5.41) is 13.4. The van der Waals surface area contributed by atoms with E-state index in [1.165, 1.54) is 12.1 Å². The lowest BCUT2D eigenvalue weighted by molar-refractivity contribution is 0.0771. The fraction of sp³-hybridized carbons (Fsp3) is 0.409. The highest BCUT2D eigenvalue weighted by Crippen LogP contribution is 2.35. The number of aryl methyl sites for hydroxylation is 2. The molecule has 0 aliphatic carbocycles. The third-order valence-corrected chi connectivity index (χ3v) is 6.20. The molecule has 166 valence electrons. The second-order valence-corrected chi connectivity index (χ2v) is 8.25. The van der Waals surface area contributed by atoms with Crippen molar-refractivity contribution in [2.45, 2.75) is 26.4 Å². The molecule has 2 aromatic heterocycles. The van der Waals surface area contributed by atoms with E-state index in [0.717, 1.165) is 11.3 Å². The first-order valence-corrected chi connectivity index (χ1v) is 10.5. The summed E-state index contributed by atoms with van der Waals surface area (Å²) in [7, 11) is 3.56. The van der Waals surface area contributed by atoms with Crippen LogP contribution in [-0.2, 0) is 18.3 Å². The predicted octanol–water partition coefficient (Wildman–Crippen LogP) is 2.19. The second kappa shape index (κ2) is 7.63. The lowest BCUT2D eigenvalue weighted by atomic mass is 9.97. The van der Waals surface area contributed by atoms with Gasteiger partial charge in [-0.05, 0) is 37.6 Å². The van der Waals surface area contributed by atoms with Gasteiger partial charge in [-0.25, -0.2) is 9.37 Å². The summed E-state index contributed by atoms with van der Waals surface area (Å²) in [5.41, 5.74) is 3.99. The number of halogens is 1. The average molecular weight is 437 g/mol. The molecule has 0 spiro atoms. The van der Waals surface area contributed by atoms with Gasteiger partial charge in [0.05, 0.1) is 37.1 Å². The summed E-state index contributed by atoms with van der Waals surface area (Å²) in [4.78, 5) is 22.0. The van der Waals surface area contributed by atoms with E-state index in [1.54, 1.807) is 22.7 Å². The molecule has 1 amide bonds. The zero-order chi connectivity index (χ0) is 22.6. The van der Waals surface area contributed by atoms with Crippen LogP contribution in [0.5, 0.6) is 0 Å². The van der Waals surface area contributed by atoms with Crippen molar-refractivity contribution < 1.29 is 13.9 Å². The molecule has 4 heterocycles. The van der Waals surface area contributed by atoms with E-state index in [0.29, 0.717) is 53.9 Å². The van der Waals surface area contributed by atoms with E-state index >= 15 is 0 Å². The van der Waals surface area contributed by atoms with Gasteiger partial charge in [-0.2, -0.15) is 5.10 Å². The Morgan fingerprint density at radius 3 is 2.81 bits per heavy atom. The maximum Gasteiger partial charge on any atom is 0.254 e. The quantitative estimate of drug-likeness (QED) is 0.533. The van der Waals surface area contributed by atoms with Crippen LogP contribution < -0.4 is 4.90 Å². The van der Waals surface area contributed by atoms with E-state index in [9.17, 15) is 9.18 Å². The largest absolute Gasteiger partial charge is 0.377 e. The van der Waals surface area contributed by atoms with E-state index in [-0.39, 0.29) is 18.5 Å². The average Bonchev–Trinajstić information content (AvgIpc) is 3.06. The van der Waals surface area contributed by atoms with Crippen LogP contribution in [0.15, 0.2) is 18.2 Å². The number of hydrogen-bond acceptors (Lipinski definition) is 7. The Kier molecular flexibility index (Phi) is 4.89. The molecule has 0 unspecified atom stereocenters. The van der Waals surface area contributed by atoms with Crippen molar-refractivity contribution in [3.05, 3.63) is 52.2 Å². The molecule has 1 aromatic carbocycles. The van der Waals surface area contributed by atoms with Gasteiger partial charge in [-0.1, -0.05) is 0 Å². The minimum Gasteiger partial charge on any atom is -0.377 e. The van der Waals surface area contributed by atoms with Crippen molar-refractivity contribution in [1.82, 2.24) is 29.9 Å². The van der Waals surface area contributed by atoms with Crippen LogP contribution in [0, 0.1) is 19.7 Å². The summed E-state index contributed by atoms with van der Waals surface area (Å²) >= 11 is 0. The third-order valence-electron chi connectivity index (χ3n) is 6.20. The normalized spacial score (nSPS) is 18.4. The Morgan fingerprint density at radius 1 is 1.19 bits per heavy atom. The first kappa shape index (κ1) is 20.5. The van der Waals surface area contributed by atoms with Crippen LogP contribution in [0.3, 0.4) is 0 Å². The molecule has 0 radical (unpaired) electrons. The summed E-state index contributed by atoms with van der Waals surface area (Å²) in [6.07, 6.45) is 0. The van der Waals surface area contributed by atoms with Gasteiger partial charge in [0.15, 0.2) is 11.6 Å². The molecule has 2 aliphatic rings. The van der Waals surface area contributed by atoms with Crippen LogP contribution in [0.1, 0.15) is 39.0 Å². The minimum atomic E-state index is -0.405. The summed E-state index contributed by atoms with van der Waals surface area (Å²) in [6.45, 7) is 5.37. The minimum absolute atomic E-state index is 0.209. The van der Waals surface area contributed by atoms with Crippen molar-refractivity contribution in [1.29, 1.82) is 0 Å². The number of hydrogen-bond donors (Lipinski definition) is 0. The van der Waals surface area contributed by atoms with Crippen LogP contribution >= 0.6 is 0 Å². The Morgan fingerprint density at radius 2 is 2.00 bits per heavy atom. The number of aromatic nitrogens is 5. The zero-order valence-corrected chi connectivity index (χ0v) is 18.5. The number of carbonyl (C=O) groups excluding carboxylic acids is 1. The third kappa shape index (κ3) is 3.22. The molecule has 32 heavy (non-hydrogen) atoms. The summed E-state index contributed by atoms with van der Waals surface area (Å²) in [6, 6.07) is 3.89. The standard InChI is InChI=1S/C22H24FN7O2/c1-12-21-24-20(26-25-12)19-13(2)29(4)27-17(19)10-28(3)22(31)15-6-5-14(23)9-16(15)18-11-32-8-7-30(18)21/h5-6,9,18H,7-8,10-11H2,1-4H3/t18-/m1/s1. The number of benzene rings is 1. The van der Waals surface area contributed by atoms with Crippen molar-refractivity contribution >= 4 is 11.7 Å². The van der Waals surface area contributed by atoms with Gasteiger partial charge >= 0.3 is 0 Å². The SMILES string of the molecule is Cc1nnc2nc1N1CCOC[C@@H]1c1cc(F)ccc1C(=O)N(C)Cc1nn(C)c(C)c1-2. The van der Waals surface area contributed by atoms with Crippen LogP contribution in [0.2, 0.25) is 0 Å². The molecular formula is C22H24FN7O2. The lowest BCUT2D eigenvalue weighted by Gasteiger charge is -2.38. The molecule has 3 aromatic rings. The molecule has 1 atom stereocenters. The van der Waals surface area contributed by atoms with E-state index < -0.39 is 5.82 Å². The van der Waals surface area contributed by atoms with Crippen molar-refractivity contribution in [2.75, 3.05) is 31.7 Å². The van der Waals surface area contributed by atoms with Gasteiger partial charge in [0.25, 0.3) is 5.91 Å². The molecular weight excluding hydrogens is 413 g/mol. The number of nitrogens with zero attached hydrogens (tertiary/aromatic N) is 7. The number of rotatable bonds is 0. The molecule has 1 fully saturated rings. The van der Waals surface area contributed by atoms with Crippen LogP contribution in [0.25, 0.3) is 11.4 Å². The van der Waals surface area contributed by atoms with Gasteiger partial charge in [0.1, 0.15) is 11.5 Å². The van der Waals surface area contributed by atoms with Crippen molar-refractivity contribution in [2.24, 2.45) is 7.05 Å². The smallest absolute Gasteiger partial charge is 0.254 e. The Bertz CT molecular complexity index is 1230. The zero-order valence-electron chi connectivity index (χ0n) is 18.5. The van der Waals surface area contributed by atoms with Crippen molar-refractivity contribution in [3.8, 4) is 11.4 Å². The molecule has 0 saturated carbocycles. The number of anilines is 1. The topological polar surface area (TPSA) is 89.3 Å². The van der Waals surface area contributed by atoms with E-state index in [1.807, 2.05) is 25.8 Å². The number of ether oxygens (including phenoxy) is 1. The first-order chi connectivity index (χ1) is 15.3. The van der Waals surface area contributed by atoms with E-state index in [2.05, 4.69) is 15.3 Å². The van der Waals surface area contributed by atoms with Gasteiger partial charge < -0.3 is 14.5 Å². The Hall–Kier alpha value is -3.40. The van der Waals surface area contributed by atoms with Crippen molar-refractivity contribution in [3.63, 3.8) is 0 Å². The maximum absolute atomic E-state index is 14.3. The van der Waals surface area contributed by atoms with Gasteiger partial charge in [0.2, 0.25) is 0 Å². The second-order valence-electron chi connectivity index (χ2n) is 8.25. The maximum atomic E-state index is 14.3. The molecule has 0 N–H and O–H groups in total. The van der Waals surface area contributed by atoms with Gasteiger partial charge in [0, 0.05) is 31.9 Å². The highest BCUT2D eigenvalue weighted by molar-refractivity contribution is 5.96. The van der Waals surface area contributed by atoms with E-state index in [4.69, 9.17) is 9.72 Å². The molecule has 2 bridgehead atoms. The number of morpholine rings is 1. The fourth-order valence-electron chi connectivity index (χ4n) is 4.45. The molecule has 1 saturated heterocycles.